The summed E-state index contributed by atoms with van der Waals surface area (Å²) in [6.45, 7) is 14.0. The lowest BCUT2D eigenvalue weighted by Crippen LogP contribution is -2.46. The molecule has 0 spiro atoms. The van der Waals surface area contributed by atoms with Crippen molar-refractivity contribution in [1.29, 1.82) is 0 Å². The van der Waals surface area contributed by atoms with Gasteiger partial charge in [0, 0.05) is 31.7 Å². The Kier molecular flexibility index (Phi) is 5.76. The zero-order valence-electron chi connectivity index (χ0n) is 14.3. The predicted octanol–water partition coefficient (Wildman–Crippen LogP) is 1.16. The second-order valence-corrected chi connectivity index (χ2v) is 6.21. The minimum absolute atomic E-state index is 0.394. The van der Waals surface area contributed by atoms with Gasteiger partial charge in [-0.3, -0.25) is 4.90 Å². The number of guanidine groups is 1. The van der Waals surface area contributed by atoms with Crippen molar-refractivity contribution < 1.29 is 4.52 Å². The van der Waals surface area contributed by atoms with Crippen molar-refractivity contribution in [3.05, 3.63) is 11.7 Å². The van der Waals surface area contributed by atoms with Gasteiger partial charge in [-0.15, -0.1) is 0 Å². The Hall–Kier alpha value is -1.63. The highest BCUT2D eigenvalue weighted by Crippen LogP contribution is 2.18. The minimum Gasteiger partial charge on any atom is -0.357 e. The van der Waals surface area contributed by atoms with Crippen molar-refractivity contribution in [2.75, 3.05) is 19.6 Å². The summed E-state index contributed by atoms with van der Waals surface area (Å²) < 4.78 is 5.10. The SMILES string of the molecule is CCNC(=NCc1nc(C)no1)NC1CN(C(C)C)CC1C. The van der Waals surface area contributed by atoms with Crippen LogP contribution in [0, 0.1) is 12.8 Å². The van der Waals surface area contributed by atoms with E-state index in [1.165, 1.54) is 0 Å². The molecule has 1 saturated heterocycles. The standard InChI is InChI=1S/C15H28N6O/c1-6-16-15(17-7-14-18-12(5)20-22-14)19-13-9-21(10(2)3)8-11(13)4/h10-11,13H,6-9H2,1-5H3,(H2,16,17,19). The fourth-order valence-corrected chi connectivity index (χ4v) is 2.66. The summed E-state index contributed by atoms with van der Waals surface area (Å²) in [6, 6.07) is 0.986. The van der Waals surface area contributed by atoms with Gasteiger partial charge in [-0.25, -0.2) is 4.99 Å². The van der Waals surface area contributed by atoms with Gasteiger partial charge in [0.05, 0.1) is 0 Å². The van der Waals surface area contributed by atoms with Crippen LogP contribution in [0.2, 0.25) is 0 Å². The maximum Gasteiger partial charge on any atom is 0.248 e. The second-order valence-electron chi connectivity index (χ2n) is 6.21. The van der Waals surface area contributed by atoms with Crippen LogP contribution in [0.3, 0.4) is 0 Å². The molecule has 0 aromatic carbocycles. The third kappa shape index (κ3) is 4.43. The molecule has 2 heterocycles. The number of nitrogens with zero attached hydrogens (tertiary/aromatic N) is 4. The van der Waals surface area contributed by atoms with Crippen LogP contribution in [-0.2, 0) is 6.54 Å². The monoisotopic (exact) mass is 308 g/mol. The molecule has 124 valence electrons. The Bertz CT molecular complexity index is 498. The second kappa shape index (κ2) is 7.58. The summed E-state index contributed by atoms with van der Waals surface area (Å²) in [4.78, 5) is 11.2. The largest absolute Gasteiger partial charge is 0.357 e. The van der Waals surface area contributed by atoms with E-state index >= 15 is 0 Å². The van der Waals surface area contributed by atoms with Crippen molar-refractivity contribution in [3.8, 4) is 0 Å². The van der Waals surface area contributed by atoms with Gasteiger partial charge in [0.15, 0.2) is 11.8 Å². The number of aromatic nitrogens is 2. The fourth-order valence-electron chi connectivity index (χ4n) is 2.66. The van der Waals surface area contributed by atoms with Crippen molar-refractivity contribution in [3.63, 3.8) is 0 Å². The van der Waals surface area contributed by atoms with Gasteiger partial charge in [0.2, 0.25) is 5.89 Å². The van der Waals surface area contributed by atoms with E-state index in [2.05, 4.69) is 58.4 Å². The average Bonchev–Trinajstić information content (AvgIpc) is 3.03. The summed E-state index contributed by atoms with van der Waals surface area (Å²) in [5.74, 6) is 2.58. The molecule has 7 heteroatoms. The predicted molar refractivity (Wildman–Crippen MR) is 86.6 cm³/mol. The first-order chi connectivity index (χ1) is 10.5. The lowest BCUT2D eigenvalue weighted by molar-refractivity contribution is 0.265. The summed E-state index contributed by atoms with van der Waals surface area (Å²) in [6.07, 6.45) is 0. The molecule has 22 heavy (non-hydrogen) atoms. The van der Waals surface area contributed by atoms with Gasteiger partial charge in [-0.2, -0.15) is 4.98 Å². The Morgan fingerprint density at radius 1 is 1.45 bits per heavy atom. The maximum absolute atomic E-state index is 5.10. The van der Waals surface area contributed by atoms with Crippen LogP contribution >= 0.6 is 0 Å². The van der Waals surface area contributed by atoms with Gasteiger partial charge >= 0.3 is 0 Å². The van der Waals surface area contributed by atoms with Crippen molar-refractivity contribution in [2.24, 2.45) is 10.9 Å². The summed E-state index contributed by atoms with van der Waals surface area (Å²) in [5, 5.41) is 10.6. The number of likely N-dealkylation sites (tertiary alicyclic amines) is 1. The molecule has 2 N–H and O–H groups in total. The number of hydrogen-bond donors (Lipinski definition) is 2. The van der Waals surface area contributed by atoms with Crippen molar-refractivity contribution in [2.45, 2.75) is 53.2 Å². The van der Waals surface area contributed by atoms with Crippen molar-refractivity contribution in [1.82, 2.24) is 25.7 Å². The van der Waals surface area contributed by atoms with Gasteiger partial charge in [0.1, 0.15) is 6.54 Å². The maximum atomic E-state index is 5.10. The fraction of sp³-hybridized carbons (Fsp3) is 0.800. The lowest BCUT2D eigenvalue weighted by Gasteiger charge is -2.21. The van der Waals surface area contributed by atoms with Gasteiger partial charge < -0.3 is 15.2 Å². The van der Waals surface area contributed by atoms with Crippen LogP contribution in [0.5, 0.6) is 0 Å². The summed E-state index contributed by atoms with van der Waals surface area (Å²) in [7, 11) is 0. The summed E-state index contributed by atoms with van der Waals surface area (Å²) >= 11 is 0. The molecule has 1 aromatic heterocycles. The van der Waals surface area contributed by atoms with E-state index in [0.29, 0.717) is 36.3 Å². The molecule has 1 aliphatic heterocycles. The molecule has 7 nitrogen and oxygen atoms in total. The molecular weight excluding hydrogens is 280 g/mol. The zero-order chi connectivity index (χ0) is 16.1. The van der Waals surface area contributed by atoms with Gasteiger partial charge in [0.25, 0.3) is 0 Å². The number of rotatable bonds is 5. The molecule has 2 rings (SSSR count). The first-order valence-electron chi connectivity index (χ1n) is 8.07. The van der Waals surface area contributed by atoms with Gasteiger partial charge in [-0.1, -0.05) is 12.1 Å². The molecule has 1 aromatic rings. The normalized spacial score (nSPS) is 23.3. The number of hydrogen-bond acceptors (Lipinski definition) is 5. The minimum atomic E-state index is 0.394. The van der Waals surface area contributed by atoms with E-state index in [-0.39, 0.29) is 0 Å². The average molecular weight is 308 g/mol. The van der Waals surface area contributed by atoms with Crippen LogP contribution in [-0.4, -0.2) is 52.7 Å². The molecule has 2 unspecified atom stereocenters. The van der Waals surface area contributed by atoms with E-state index in [4.69, 9.17) is 4.52 Å². The van der Waals surface area contributed by atoms with E-state index < -0.39 is 0 Å². The topological polar surface area (TPSA) is 78.6 Å². The highest BCUT2D eigenvalue weighted by atomic mass is 16.5. The number of nitrogens with one attached hydrogen (secondary N) is 2. The summed E-state index contributed by atoms with van der Waals surface area (Å²) in [5.41, 5.74) is 0. The van der Waals surface area contributed by atoms with Crippen molar-refractivity contribution >= 4 is 5.96 Å². The highest BCUT2D eigenvalue weighted by Gasteiger charge is 2.31. The van der Waals surface area contributed by atoms with Crippen LogP contribution in [0.1, 0.15) is 39.4 Å². The zero-order valence-corrected chi connectivity index (χ0v) is 14.3. The molecule has 0 saturated carbocycles. The molecule has 0 aliphatic carbocycles. The van der Waals surface area contributed by atoms with E-state index in [1.807, 2.05) is 0 Å². The molecule has 0 radical (unpaired) electrons. The van der Waals surface area contributed by atoms with Crippen LogP contribution in [0.15, 0.2) is 9.52 Å². The van der Waals surface area contributed by atoms with Crippen LogP contribution in [0.4, 0.5) is 0 Å². The quantitative estimate of drug-likeness (QED) is 0.628. The Morgan fingerprint density at radius 2 is 2.23 bits per heavy atom. The smallest absolute Gasteiger partial charge is 0.248 e. The first-order valence-corrected chi connectivity index (χ1v) is 8.07. The molecule has 0 amide bonds. The van der Waals surface area contributed by atoms with Gasteiger partial charge in [-0.05, 0) is 33.6 Å². The molecular formula is C15H28N6O. The van der Waals surface area contributed by atoms with E-state index in [1.54, 1.807) is 6.92 Å². The molecule has 2 atom stereocenters. The van der Waals surface area contributed by atoms with Crippen LogP contribution in [0.25, 0.3) is 0 Å². The lowest BCUT2D eigenvalue weighted by atomic mass is 10.1. The first kappa shape index (κ1) is 16.7. The highest BCUT2D eigenvalue weighted by molar-refractivity contribution is 5.80. The third-order valence-electron chi connectivity index (χ3n) is 3.98. The molecule has 1 fully saturated rings. The van der Waals surface area contributed by atoms with E-state index in [0.717, 1.165) is 25.6 Å². The number of aryl methyl sites for hydroxylation is 1. The van der Waals surface area contributed by atoms with E-state index in [9.17, 15) is 0 Å². The number of aliphatic imine (C=N–C) groups is 1. The molecule has 1 aliphatic rings. The Balaban J connectivity index is 1.96. The Labute approximate surface area is 132 Å². The third-order valence-corrected chi connectivity index (χ3v) is 3.98. The Morgan fingerprint density at radius 3 is 2.77 bits per heavy atom. The molecule has 0 bridgehead atoms. The van der Waals surface area contributed by atoms with Crippen LogP contribution < -0.4 is 10.6 Å².